The summed E-state index contributed by atoms with van der Waals surface area (Å²) in [5, 5.41) is 2.50. The van der Waals surface area contributed by atoms with Crippen molar-refractivity contribution in [2.24, 2.45) is 0 Å². The third kappa shape index (κ3) is 7.77. The molecule has 0 aliphatic heterocycles. The number of aromatic nitrogens is 4. The van der Waals surface area contributed by atoms with Gasteiger partial charge in [-0.3, -0.25) is 0 Å². The summed E-state index contributed by atoms with van der Waals surface area (Å²) in [7, 11) is 0. The van der Waals surface area contributed by atoms with Gasteiger partial charge in [-0.2, -0.15) is 0 Å². The fraction of sp³-hybridized carbons (Fsp3) is 0. The summed E-state index contributed by atoms with van der Waals surface area (Å²) < 4.78 is 2.36. The molecule has 2 aromatic heterocycles. The Bertz CT molecular complexity index is 3670. The molecule has 0 unspecified atom stereocenters. The van der Waals surface area contributed by atoms with E-state index >= 15 is 0 Å². The Hall–Kier alpha value is -8.99. The predicted octanol–water partition coefficient (Wildman–Crippen LogP) is 16.3. The van der Waals surface area contributed by atoms with Crippen molar-refractivity contribution < 1.29 is 0 Å². The highest BCUT2D eigenvalue weighted by atomic mass is 15.0. The zero-order valence-corrected chi connectivity index (χ0v) is 36.5. The number of rotatable bonds is 9. The second-order valence-corrected chi connectivity index (χ2v) is 16.9. The monoisotopic (exact) mass is 854 g/mol. The smallest absolute Gasteiger partial charge is 0.164 e. The highest BCUT2D eigenvalue weighted by molar-refractivity contribution is 6.09. The van der Waals surface area contributed by atoms with Gasteiger partial charge in [0.15, 0.2) is 17.5 Å². The lowest BCUT2D eigenvalue weighted by Gasteiger charge is -2.12. The Balaban J connectivity index is 0.917. The number of benzene rings is 10. The molecule has 0 aliphatic rings. The van der Waals surface area contributed by atoms with E-state index in [1.807, 2.05) is 0 Å². The van der Waals surface area contributed by atoms with Crippen molar-refractivity contribution in [2.75, 3.05) is 0 Å². The van der Waals surface area contributed by atoms with Crippen LogP contribution < -0.4 is 0 Å². The van der Waals surface area contributed by atoms with Gasteiger partial charge in [-0.25, -0.2) is 15.0 Å². The van der Waals surface area contributed by atoms with Crippen LogP contribution >= 0.6 is 0 Å². The van der Waals surface area contributed by atoms with E-state index in [9.17, 15) is 0 Å². The normalized spacial score (nSPS) is 11.3. The number of nitrogens with zero attached hydrogens (tertiary/aromatic N) is 4. The molecule has 12 aromatic rings. The lowest BCUT2D eigenvalue weighted by molar-refractivity contribution is 1.07. The van der Waals surface area contributed by atoms with Crippen LogP contribution in [0.1, 0.15) is 0 Å². The SMILES string of the molecule is c1ccc(-c2cccc(-c3ccc(-c4nc(-c5ccc(-c6cccc(-n7c8ccccc8c8ccccc87)c6)cc5)nc(-c5cccc(-c6cccc(-c7ccccc7)c6)c5)n4)cc3)c2)cc1. The van der Waals surface area contributed by atoms with Crippen molar-refractivity contribution in [3.63, 3.8) is 0 Å². The van der Waals surface area contributed by atoms with Gasteiger partial charge in [0.1, 0.15) is 0 Å². The molecule has 67 heavy (non-hydrogen) atoms. The largest absolute Gasteiger partial charge is 0.309 e. The van der Waals surface area contributed by atoms with Crippen molar-refractivity contribution in [1.82, 2.24) is 19.5 Å². The summed E-state index contributed by atoms with van der Waals surface area (Å²) in [4.78, 5) is 15.5. The minimum Gasteiger partial charge on any atom is -0.309 e. The lowest BCUT2D eigenvalue weighted by atomic mass is 9.98. The Labute approximate surface area is 389 Å². The van der Waals surface area contributed by atoms with Gasteiger partial charge in [-0.15, -0.1) is 0 Å². The molecule has 4 nitrogen and oxygen atoms in total. The highest BCUT2D eigenvalue weighted by Crippen LogP contribution is 2.36. The third-order valence-corrected chi connectivity index (χ3v) is 12.7. The Morgan fingerprint density at radius 2 is 0.507 bits per heavy atom. The predicted molar refractivity (Wildman–Crippen MR) is 278 cm³/mol. The standard InChI is InChI=1S/C63H42N4/c1-3-15-43(16-4-1)49-19-11-21-51(39-49)45-31-35-47(36-32-45)61-64-62(66-63(65-61)55-25-13-23-53(41-55)52-22-12-20-50(40-52)44-17-5-2-6-18-44)48-37-33-46(34-38-48)54-24-14-26-56(42-54)67-59-29-9-7-27-57(59)58-28-8-10-30-60(58)67/h1-42H. The zero-order chi connectivity index (χ0) is 44.5. The maximum atomic E-state index is 5.19. The van der Waals surface area contributed by atoms with E-state index < -0.39 is 0 Å². The van der Waals surface area contributed by atoms with Crippen molar-refractivity contribution in [3.8, 4) is 95.5 Å². The van der Waals surface area contributed by atoms with E-state index in [1.54, 1.807) is 0 Å². The van der Waals surface area contributed by atoms with Gasteiger partial charge >= 0.3 is 0 Å². The van der Waals surface area contributed by atoms with Crippen LogP contribution in [0, 0.1) is 0 Å². The fourth-order valence-corrected chi connectivity index (χ4v) is 9.27. The van der Waals surface area contributed by atoms with E-state index in [4.69, 9.17) is 15.0 Å². The first-order valence-corrected chi connectivity index (χ1v) is 22.7. The molecule has 4 heteroatoms. The number of fused-ring (bicyclic) bond motifs is 3. The highest BCUT2D eigenvalue weighted by Gasteiger charge is 2.16. The van der Waals surface area contributed by atoms with Gasteiger partial charge in [0.2, 0.25) is 0 Å². The fourth-order valence-electron chi connectivity index (χ4n) is 9.27. The Kier molecular flexibility index (Phi) is 10.2. The van der Waals surface area contributed by atoms with Crippen LogP contribution in [0.5, 0.6) is 0 Å². The average molecular weight is 855 g/mol. The molecule has 0 aliphatic carbocycles. The van der Waals surface area contributed by atoms with Gasteiger partial charge in [0.05, 0.1) is 11.0 Å². The lowest BCUT2D eigenvalue weighted by Crippen LogP contribution is -2.00. The van der Waals surface area contributed by atoms with Gasteiger partial charge < -0.3 is 4.57 Å². The minimum absolute atomic E-state index is 0.613. The van der Waals surface area contributed by atoms with Gasteiger partial charge in [-0.1, -0.05) is 212 Å². The summed E-state index contributed by atoms with van der Waals surface area (Å²) in [6.07, 6.45) is 0. The maximum absolute atomic E-state index is 5.19. The molecule has 0 saturated heterocycles. The van der Waals surface area contributed by atoms with Crippen LogP contribution in [-0.2, 0) is 0 Å². The van der Waals surface area contributed by atoms with E-state index in [-0.39, 0.29) is 0 Å². The summed E-state index contributed by atoms with van der Waals surface area (Å²) in [5.74, 6) is 1.84. The van der Waals surface area contributed by atoms with Crippen LogP contribution in [0.25, 0.3) is 117 Å². The summed E-state index contributed by atoms with van der Waals surface area (Å²) in [6, 6.07) is 90.1. The molecule has 0 amide bonds. The van der Waals surface area contributed by atoms with E-state index in [2.05, 4.69) is 259 Å². The first-order chi connectivity index (χ1) is 33.2. The topological polar surface area (TPSA) is 43.6 Å². The summed E-state index contributed by atoms with van der Waals surface area (Å²) in [6.45, 7) is 0. The van der Waals surface area contributed by atoms with Gasteiger partial charge in [0.25, 0.3) is 0 Å². The molecule has 314 valence electrons. The van der Waals surface area contributed by atoms with Crippen LogP contribution in [0.3, 0.4) is 0 Å². The molecule has 2 heterocycles. The van der Waals surface area contributed by atoms with E-state index in [1.165, 1.54) is 44.1 Å². The first kappa shape index (κ1) is 39.6. The van der Waals surface area contributed by atoms with E-state index in [0.29, 0.717) is 17.5 Å². The average Bonchev–Trinajstić information content (AvgIpc) is 3.76. The van der Waals surface area contributed by atoms with Crippen molar-refractivity contribution in [3.05, 3.63) is 255 Å². The van der Waals surface area contributed by atoms with Gasteiger partial charge in [-0.05, 0) is 98.1 Å². The van der Waals surface area contributed by atoms with Crippen molar-refractivity contribution in [1.29, 1.82) is 0 Å². The Morgan fingerprint density at radius 3 is 0.970 bits per heavy atom. The second kappa shape index (κ2) is 17.2. The Morgan fingerprint density at radius 1 is 0.209 bits per heavy atom. The molecular weight excluding hydrogens is 813 g/mol. The van der Waals surface area contributed by atoms with E-state index in [0.717, 1.165) is 55.8 Å². The minimum atomic E-state index is 0.613. The molecule has 0 radical (unpaired) electrons. The van der Waals surface area contributed by atoms with Crippen LogP contribution in [-0.4, -0.2) is 19.5 Å². The molecule has 12 rings (SSSR count). The van der Waals surface area contributed by atoms with Crippen molar-refractivity contribution >= 4 is 21.8 Å². The molecule has 0 bridgehead atoms. The maximum Gasteiger partial charge on any atom is 0.164 e. The summed E-state index contributed by atoms with van der Waals surface area (Å²) in [5.41, 5.74) is 17.7. The van der Waals surface area contributed by atoms with Gasteiger partial charge in [0, 0.05) is 33.2 Å². The molecule has 0 fully saturated rings. The molecule has 10 aromatic carbocycles. The molecular formula is C63H42N4. The number of para-hydroxylation sites is 2. The van der Waals surface area contributed by atoms with Crippen LogP contribution in [0.15, 0.2) is 255 Å². The zero-order valence-electron chi connectivity index (χ0n) is 36.5. The van der Waals surface area contributed by atoms with Crippen LogP contribution in [0.4, 0.5) is 0 Å². The number of hydrogen-bond acceptors (Lipinski definition) is 3. The van der Waals surface area contributed by atoms with Crippen LogP contribution in [0.2, 0.25) is 0 Å². The third-order valence-electron chi connectivity index (χ3n) is 12.7. The molecule has 0 N–H and O–H groups in total. The molecule has 0 spiro atoms. The van der Waals surface area contributed by atoms with Crippen molar-refractivity contribution in [2.45, 2.75) is 0 Å². The molecule has 0 atom stereocenters. The summed E-state index contributed by atoms with van der Waals surface area (Å²) >= 11 is 0. The quantitative estimate of drug-likeness (QED) is 0.145. The first-order valence-electron chi connectivity index (χ1n) is 22.7. The second-order valence-electron chi connectivity index (χ2n) is 16.9. The molecule has 0 saturated carbocycles. The number of hydrogen-bond donors (Lipinski definition) is 0.